The van der Waals surface area contributed by atoms with E-state index in [-0.39, 0.29) is 5.56 Å². The van der Waals surface area contributed by atoms with Gasteiger partial charge in [-0.05, 0) is 59.2 Å². The molecule has 0 atom stereocenters. The van der Waals surface area contributed by atoms with Crippen LogP contribution in [-0.4, -0.2) is 9.97 Å². The number of fused-ring (bicyclic) bond motifs is 2. The normalized spacial score (nSPS) is 11.3. The lowest BCUT2D eigenvalue weighted by Crippen LogP contribution is -2.12. The molecule has 6 rings (SSSR count). The summed E-state index contributed by atoms with van der Waals surface area (Å²) in [4.78, 5) is 21.6. The lowest BCUT2D eigenvalue weighted by Gasteiger charge is -2.15. The molecule has 168 valence electrons. The van der Waals surface area contributed by atoms with Crippen LogP contribution in [0.1, 0.15) is 0 Å². The van der Waals surface area contributed by atoms with E-state index in [0.29, 0.717) is 16.3 Å². The summed E-state index contributed by atoms with van der Waals surface area (Å²) in [5.74, 6) is 0. The minimum Gasteiger partial charge on any atom is -0.321 e. The molecule has 0 unspecified atom stereocenters. The van der Waals surface area contributed by atoms with Crippen molar-refractivity contribution >= 4 is 49.3 Å². The van der Waals surface area contributed by atoms with E-state index in [1.54, 1.807) is 6.07 Å². The van der Waals surface area contributed by atoms with Crippen LogP contribution < -0.4 is 5.56 Å². The summed E-state index contributed by atoms with van der Waals surface area (Å²) in [7, 11) is 0. The van der Waals surface area contributed by atoms with Gasteiger partial charge in [0, 0.05) is 31.3 Å². The van der Waals surface area contributed by atoms with E-state index in [1.807, 2.05) is 78.9 Å². The van der Waals surface area contributed by atoms with Crippen LogP contribution in [0.4, 0.5) is 0 Å². The van der Waals surface area contributed by atoms with Crippen LogP contribution in [0.5, 0.6) is 0 Å². The topological polar surface area (TPSA) is 45.8 Å². The molecular formula is C30H18BrClN2O. The van der Waals surface area contributed by atoms with E-state index < -0.39 is 0 Å². The highest BCUT2D eigenvalue weighted by atomic mass is 79.9. The maximum absolute atomic E-state index is 13.6. The van der Waals surface area contributed by atoms with Gasteiger partial charge >= 0.3 is 0 Å². The molecule has 0 aliphatic carbocycles. The first-order chi connectivity index (χ1) is 17.1. The number of pyridine rings is 2. The van der Waals surface area contributed by atoms with Gasteiger partial charge in [-0.1, -0.05) is 88.2 Å². The van der Waals surface area contributed by atoms with E-state index in [1.165, 1.54) is 0 Å². The van der Waals surface area contributed by atoms with Gasteiger partial charge in [0.2, 0.25) is 0 Å². The van der Waals surface area contributed by atoms with Crippen molar-refractivity contribution < 1.29 is 0 Å². The lowest BCUT2D eigenvalue weighted by molar-refractivity contribution is 1.28. The molecule has 0 saturated carbocycles. The Bertz CT molecular complexity index is 1780. The molecule has 0 saturated heterocycles. The third-order valence-corrected chi connectivity index (χ3v) is 6.88. The van der Waals surface area contributed by atoms with Gasteiger partial charge < -0.3 is 4.98 Å². The SMILES string of the molecule is O=c1[nH]c2ccc(Cl)cc2c(-c2ccccc2)c1-c1cc(-c2ccccc2)c2cc(Br)ccc2n1. The number of H-pyrrole nitrogens is 1. The first kappa shape index (κ1) is 21.8. The van der Waals surface area contributed by atoms with Crippen LogP contribution in [0.15, 0.2) is 112 Å². The first-order valence-corrected chi connectivity index (χ1v) is 12.3. The molecular weight excluding hydrogens is 520 g/mol. The fraction of sp³-hybridized carbons (Fsp3) is 0. The van der Waals surface area contributed by atoms with Gasteiger partial charge in [0.15, 0.2) is 0 Å². The van der Waals surface area contributed by atoms with E-state index >= 15 is 0 Å². The molecule has 0 aliphatic rings. The van der Waals surface area contributed by atoms with Gasteiger partial charge in [-0.15, -0.1) is 0 Å². The number of nitrogens with one attached hydrogen (secondary N) is 1. The number of aromatic nitrogens is 2. The minimum absolute atomic E-state index is 0.193. The number of hydrogen-bond acceptors (Lipinski definition) is 2. The van der Waals surface area contributed by atoms with E-state index in [0.717, 1.165) is 48.5 Å². The monoisotopic (exact) mass is 536 g/mol. The Morgan fingerprint density at radius 1 is 0.714 bits per heavy atom. The molecule has 0 radical (unpaired) electrons. The second-order valence-electron chi connectivity index (χ2n) is 8.34. The number of nitrogens with zero attached hydrogens (tertiary/aromatic N) is 1. The Morgan fingerprint density at radius 2 is 1.43 bits per heavy atom. The number of benzene rings is 4. The summed E-state index contributed by atoms with van der Waals surface area (Å²) < 4.78 is 0.972. The highest BCUT2D eigenvalue weighted by Gasteiger charge is 2.20. The molecule has 5 heteroatoms. The Kier molecular flexibility index (Phi) is 5.48. The number of halogens is 2. The fourth-order valence-electron chi connectivity index (χ4n) is 4.60. The van der Waals surface area contributed by atoms with Gasteiger partial charge in [-0.3, -0.25) is 4.79 Å². The highest BCUT2D eigenvalue weighted by Crippen LogP contribution is 2.38. The van der Waals surface area contributed by atoms with Crippen LogP contribution >= 0.6 is 27.5 Å². The maximum atomic E-state index is 13.6. The van der Waals surface area contributed by atoms with Crippen LogP contribution in [0.25, 0.3) is 55.3 Å². The molecule has 3 nitrogen and oxygen atoms in total. The summed E-state index contributed by atoms with van der Waals surface area (Å²) in [5.41, 5.74) is 6.30. The molecule has 6 aromatic rings. The standard InChI is InChI=1S/C30H18BrClN2O/c31-20-11-13-25-23(15-20)22(18-7-3-1-4-8-18)17-27(33-25)29-28(19-9-5-2-6-10-19)24-16-21(32)12-14-26(24)34-30(29)35/h1-17H,(H,34,35). The smallest absolute Gasteiger partial charge is 0.258 e. The fourth-order valence-corrected chi connectivity index (χ4v) is 5.13. The molecule has 0 aliphatic heterocycles. The van der Waals surface area contributed by atoms with Crippen molar-refractivity contribution in [2.24, 2.45) is 0 Å². The summed E-state index contributed by atoms with van der Waals surface area (Å²) in [6.45, 7) is 0. The highest BCUT2D eigenvalue weighted by molar-refractivity contribution is 9.10. The number of hydrogen-bond donors (Lipinski definition) is 1. The Balaban J connectivity index is 1.76. The maximum Gasteiger partial charge on any atom is 0.258 e. The van der Waals surface area contributed by atoms with Gasteiger partial charge in [0.25, 0.3) is 5.56 Å². The van der Waals surface area contributed by atoms with Gasteiger partial charge in [-0.2, -0.15) is 0 Å². The third kappa shape index (κ3) is 3.95. The Hall–Kier alpha value is -3.73. The van der Waals surface area contributed by atoms with Gasteiger partial charge in [0.05, 0.1) is 16.8 Å². The zero-order valence-electron chi connectivity index (χ0n) is 18.4. The average molecular weight is 538 g/mol. The van der Waals surface area contributed by atoms with Crippen LogP contribution in [0, 0.1) is 0 Å². The molecule has 1 N–H and O–H groups in total. The van der Waals surface area contributed by atoms with Gasteiger partial charge in [-0.25, -0.2) is 4.98 Å². The third-order valence-electron chi connectivity index (χ3n) is 6.15. The molecule has 0 spiro atoms. The predicted octanol–water partition coefficient (Wildman–Crippen LogP) is 8.49. The van der Waals surface area contributed by atoms with Crippen molar-refractivity contribution in [1.82, 2.24) is 9.97 Å². The average Bonchev–Trinajstić information content (AvgIpc) is 2.88. The van der Waals surface area contributed by atoms with Crippen LogP contribution in [0.2, 0.25) is 5.02 Å². The predicted molar refractivity (Wildman–Crippen MR) is 149 cm³/mol. The van der Waals surface area contributed by atoms with Crippen LogP contribution in [-0.2, 0) is 0 Å². The second kappa shape index (κ2) is 8.81. The second-order valence-corrected chi connectivity index (χ2v) is 9.69. The summed E-state index contributed by atoms with van der Waals surface area (Å²) in [6, 6.07) is 33.6. The van der Waals surface area contributed by atoms with E-state index in [2.05, 4.69) is 39.1 Å². The molecule has 2 aromatic heterocycles. The summed E-state index contributed by atoms with van der Waals surface area (Å²) >= 11 is 10.00. The zero-order chi connectivity index (χ0) is 23.9. The van der Waals surface area contributed by atoms with Gasteiger partial charge in [0.1, 0.15) is 0 Å². The first-order valence-electron chi connectivity index (χ1n) is 11.2. The quantitative estimate of drug-likeness (QED) is 0.246. The molecule has 4 aromatic carbocycles. The zero-order valence-corrected chi connectivity index (χ0v) is 20.8. The van der Waals surface area contributed by atoms with E-state index in [9.17, 15) is 4.79 Å². The van der Waals surface area contributed by atoms with E-state index in [4.69, 9.17) is 16.6 Å². The number of aromatic amines is 1. The molecule has 35 heavy (non-hydrogen) atoms. The Labute approximate surface area is 215 Å². The Morgan fingerprint density at radius 3 is 2.17 bits per heavy atom. The largest absolute Gasteiger partial charge is 0.321 e. The summed E-state index contributed by atoms with van der Waals surface area (Å²) in [6.07, 6.45) is 0. The van der Waals surface area contributed by atoms with Crippen molar-refractivity contribution in [2.75, 3.05) is 0 Å². The van der Waals surface area contributed by atoms with Crippen LogP contribution in [0.3, 0.4) is 0 Å². The number of rotatable bonds is 3. The molecule has 0 fully saturated rings. The summed E-state index contributed by atoms with van der Waals surface area (Å²) in [5, 5.41) is 2.49. The lowest BCUT2D eigenvalue weighted by atomic mass is 9.92. The van der Waals surface area contributed by atoms with Crippen molar-refractivity contribution in [2.45, 2.75) is 0 Å². The molecule has 2 heterocycles. The molecule has 0 bridgehead atoms. The van der Waals surface area contributed by atoms with Crippen molar-refractivity contribution in [3.63, 3.8) is 0 Å². The van der Waals surface area contributed by atoms with Crippen molar-refractivity contribution in [3.05, 3.63) is 123 Å². The van der Waals surface area contributed by atoms with Crippen molar-refractivity contribution in [1.29, 1.82) is 0 Å². The molecule has 0 amide bonds. The minimum atomic E-state index is -0.193. The van der Waals surface area contributed by atoms with Crippen molar-refractivity contribution in [3.8, 4) is 33.5 Å².